The van der Waals surface area contributed by atoms with E-state index in [-0.39, 0.29) is 22.7 Å². The SMILES string of the molecule is COc1cc2c(cc1Nc1ncc(C(N)=O)c(Nc3c(F)cccc3C(F)(F)F)n1)CN(C)CC21CC1. The molecule has 0 unspecified atom stereocenters. The maximum atomic E-state index is 14.4. The number of amides is 1. The molecular formula is C25H24F4N6O2. The van der Waals surface area contributed by atoms with E-state index >= 15 is 0 Å². The summed E-state index contributed by atoms with van der Waals surface area (Å²) in [6, 6.07) is 6.45. The predicted molar refractivity (Wildman–Crippen MR) is 129 cm³/mol. The fraction of sp³-hybridized carbons (Fsp3) is 0.320. The zero-order valence-electron chi connectivity index (χ0n) is 20.0. The van der Waals surface area contributed by atoms with Crippen molar-refractivity contribution < 1.29 is 27.1 Å². The molecule has 12 heteroatoms. The highest BCUT2D eigenvalue weighted by molar-refractivity contribution is 5.98. The maximum Gasteiger partial charge on any atom is 0.418 e. The number of nitrogens with zero attached hydrogens (tertiary/aromatic N) is 3. The first kappa shape index (κ1) is 24.8. The number of halogens is 4. The highest BCUT2D eigenvalue weighted by Gasteiger charge is 2.48. The lowest BCUT2D eigenvalue weighted by molar-refractivity contribution is -0.137. The zero-order valence-corrected chi connectivity index (χ0v) is 20.0. The number of anilines is 4. The Labute approximate surface area is 209 Å². The Morgan fingerprint density at radius 2 is 1.97 bits per heavy atom. The number of nitrogens with two attached hydrogens (primary N) is 1. The van der Waals surface area contributed by atoms with Gasteiger partial charge in [0.25, 0.3) is 5.91 Å². The van der Waals surface area contributed by atoms with Crippen LogP contribution in [0, 0.1) is 5.82 Å². The number of carbonyl (C=O) groups excluding carboxylic acids is 1. The van der Waals surface area contributed by atoms with Crippen LogP contribution in [0.4, 0.5) is 40.7 Å². The molecule has 0 saturated heterocycles. The number of ether oxygens (including phenoxy) is 1. The second-order valence-corrected chi connectivity index (χ2v) is 9.39. The quantitative estimate of drug-likeness (QED) is 0.408. The molecule has 8 nitrogen and oxygen atoms in total. The summed E-state index contributed by atoms with van der Waals surface area (Å²) in [5.74, 6) is -2.06. The number of hydrogen-bond acceptors (Lipinski definition) is 7. The van der Waals surface area contributed by atoms with Gasteiger partial charge in [-0.3, -0.25) is 4.79 Å². The average Bonchev–Trinajstić information content (AvgIpc) is 3.58. The van der Waals surface area contributed by atoms with Gasteiger partial charge in [-0.05, 0) is 55.3 Å². The monoisotopic (exact) mass is 516 g/mol. The lowest BCUT2D eigenvalue weighted by Crippen LogP contribution is -2.35. The fourth-order valence-corrected chi connectivity index (χ4v) is 4.89. The van der Waals surface area contributed by atoms with Gasteiger partial charge in [0.05, 0.1) is 24.0 Å². The van der Waals surface area contributed by atoms with E-state index in [1.165, 1.54) is 12.7 Å². The number of nitrogens with one attached hydrogen (secondary N) is 2. The maximum absolute atomic E-state index is 14.4. The van der Waals surface area contributed by atoms with Gasteiger partial charge in [-0.2, -0.15) is 18.2 Å². The molecule has 1 aliphatic carbocycles. The van der Waals surface area contributed by atoms with Gasteiger partial charge in [-0.1, -0.05) is 6.07 Å². The average molecular weight is 516 g/mol. The molecule has 37 heavy (non-hydrogen) atoms. The van der Waals surface area contributed by atoms with Crippen LogP contribution < -0.4 is 21.1 Å². The van der Waals surface area contributed by atoms with Crippen molar-refractivity contribution in [3.63, 3.8) is 0 Å². The third-order valence-corrected chi connectivity index (χ3v) is 6.73. The number of rotatable bonds is 6. The predicted octanol–water partition coefficient (Wildman–Crippen LogP) is 4.71. The Kier molecular flexibility index (Phi) is 5.94. The summed E-state index contributed by atoms with van der Waals surface area (Å²) in [6.45, 7) is 1.70. The van der Waals surface area contributed by atoms with Crippen molar-refractivity contribution in [1.29, 1.82) is 0 Å². The molecule has 194 valence electrons. The van der Waals surface area contributed by atoms with Crippen LogP contribution in [-0.2, 0) is 18.1 Å². The van der Waals surface area contributed by atoms with Crippen LogP contribution in [0.1, 0.15) is 39.9 Å². The summed E-state index contributed by atoms with van der Waals surface area (Å²) in [4.78, 5) is 22.4. The first-order valence-electron chi connectivity index (χ1n) is 11.5. The summed E-state index contributed by atoms with van der Waals surface area (Å²) in [6.07, 6.45) is -1.59. The third kappa shape index (κ3) is 4.64. The summed E-state index contributed by atoms with van der Waals surface area (Å²) < 4.78 is 60.6. The molecule has 1 amide bonds. The minimum Gasteiger partial charge on any atom is -0.495 e. The van der Waals surface area contributed by atoms with E-state index in [1.807, 2.05) is 12.1 Å². The molecule has 2 aromatic carbocycles. The molecule has 1 fully saturated rings. The number of benzene rings is 2. The Balaban J connectivity index is 1.53. The number of methoxy groups -OCH3 is 1. The van der Waals surface area contributed by atoms with Crippen LogP contribution in [0.15, 0.2) is 36.5 Å². The highest BCUT2D eigenvalue weighted by atomic mass is 19.4. The van der Waals surface area contributed by atoms with E-state index in [2.05, 4.69) is 32.5 Å². The minimum atomic E-state index is -4.85. The van der Waals surface area contributed by atoms with Crippen molar-refractivity contribution >= 4 is 29.0 Å². The van der Waals surface area contributed by atoms with Gasteiger partial charge in [-0.25, -0.2) is 9.37 Å². The van der Waals surface area contributed by atoms with E-state index in [4.69, 9.17) is 10.5 Å². The topological polar surface area (TPSA) is 105 Å². The van der Waals surface area contributed by atoms with E-state index < -0.39 is 29.2 Å². The van der Waals surface area contributed by atoms with E-state index in [9.17, 15) is 22.4 Å². The van der Waals surface area contributed by atoms with Crippen molar-refractivity contribution in [3.8, 4) is 5.75 Å². The molecule has 1 saturated carbocycles. The molecule has 0 radical (unpaired) electrons. The third-order valence-electron chi connectivity index (χ3n) is 6.73. The summed E-state index contributed by atoms with van der Waals surface area (Å²) >= 11 is 0. The minimum absolute atomic E-state index is 0.0547. The van der Waals surface area contributed by atoms with E-state index in [1.54, 1.807) is 0 Å². The molecule has 5 rings (SSSR count). The van der Waals surface area contributed by atoms with Gasteiger partial charge in [0.2, 0.25) is 5.95 Å². The largest absolute Gasteiger partial charge is 0.495 e. The van der Waals surface area contributed by atoms with Crippen LogP contribution in [0.3, 0.4) is 0 Å². The number of fused-ring (bicyclic) bond motifs is 2. The second kappa shape index (κ2) is 8.87. The number of likely N-dealkylation sites (N-methyl/N-ethyl adjacent to an activating group) is 1. The molecule has 3 aromatic rings. The molecule has 2 aliphatic rings. The van der Waals surface area contributed by atoms with Gasteiger partial charge in [0.1, 0.15) is 22.9 Å². The van der Waals surface area contributed by atoms with E-state index in [0.717, 1.165) is 55.9 Å². The lowest BCUT2D eigenvalue weighted by atomic mass is 9.86. The van der Waals surface area contributed by atoms with Crippen molar-refractivity contribution in [3.05, 3.63) is 64.6 Å². The summed E-state index contributed by atoms with van der Waals surface area (Å²) in [5, 5.41) is 5.32. The van der Waals surface area contributed by atoms with Crippen molar-refractivity contribution in [2.75, 3.05) is 31.3 Å². The number of para-hydroxylation sites is 1. The van der Waals surface area contributed by atoms with Crippen LogP contribution in [0.5, 0.6) is 5.75 Å². The smallest absolute Gasteiger partial charge is 0.418 e. The Hall–Kier alpha value is -3.93. The summed E-state index contributed by atoms with van der Waals surface area (Å²) in [5.41, 5.74) is 5.94. The fourth-order valence-electron chi connectivity index (χ4n) is 4.89. The van der Waals surface area contributed by atoms with Crippen LogP contribution in [0.25, 0.3) is 0 Å². The van der Waals surface area contributed by atoms with Gasteiger partial charge >= 0.3 is 6.18 Å². The number of aromatic nitrogens is 2. The van der Waals surface area contributed by atoms with Gasteiger partial charge in [0.15, 0.2) is 0 Å². The second-order valence-electron chi connectivity index (χ2n) is 9.39. The molecular weight excluding hydrogens is 492 g/mol. The van der Waals surface area contributed by atoms with Crippen LogP contribution in [-0.4, -0.2) is 41.5 Å². The number of carbonyl (C=O) groups is 1. The number of primary amides is 1. The highest BCUT2D eigenvalue weighted by Crippen LogP contribution is 2.53. The first-order valence-corrected chi connectivity index (χ1v) is 11.5. The van der Waals surface area contributed by atoms with Gasteiger partial charge in [-0.15, -0.1) is 0 Å². The molecule has 0 bridgehead atoms. The molecule has 1 spiro atoms. The van der Waals surface area contributed by atoms with Gasteiger partial charge in [0, 0.05) is 24.7 Å². The van der Waals surface area contributed by atoms with E-state index in [0.29, 0.717) is 11.4 Å². The molecule has 4 N–H and O–H groups in total. The molecule has 2 heterocycles. The Bertz CT molecular complexity index is 1390. The van der Waals surface area contributed by atoms with Crippen molar-refractivity contribution in [2.24, 2.45) is 5.73 Å². The molecule has 0 atom stereocenters. The first-order chi connectivity index (χ1) is 17.5. The lowest BCUT2D eigenvalue weighted by Gasteiger charge is -2.33. The number of hydrogen-bond donors (Lipinski definition) is 3. The molecule has 1 aliphatic heterocycles. The van der Waals surface area contributed by atoms with Crippen molar-refractivity contribution in [2.45, 2.75) is 31.0 Å². The molecule has 1 aromatic heterocycles. The summed E-state index contributed by atoms with van der Waals surface area (Å²) in [7, 11) is 3.59. The van der Waals surface area contributed by atoms with Crippen LogP contribution >= 0.6 is 0 Å². The van der Waals surface area contributed by atoms with Crippen LogP contribution in [0.2, 0.25) is 0 Å². The Morgan fingerprint density at radius 3 is 2.62 bits per heavy atom. The standard InChI is InChI=1S/C25H24F4N6O2/c1-35-11-13-8-18(19(37-2)9-16(13)24(12-35)6-7-24)32-23-31-10-14(21(30)36)22(34-23)33-20-15(25(27,28)29)4-3-5-17(20)26/h3-5,8-10H,6-7,11-12H2,1-2H3,(H2,30,36)(H2,31,32,33,34). The van der Waals surface area contributed by atoms with Crippen molar-refractivity contribution in [1.82, 2.24) is 14.9 Å². The Morgan fingerprint density at radius 1 is 1.22 bits per heavy atom. The number of alkyl halides is 3. The zero-order chi connectivity index (χ0) is 26.5. The van der Waals surface area contributed by atoms with Gasteiger partial charge < -0.3 is 26.0 Å². The normalized spacial score (nSPS) is 16.3.